The molecule has 2 unspecified atom stereocenters. The first kappa shape index (κ1) is 14.3. The van der Waals surface area contributed by atoms with Gasteiger partial charge in [0, 0.05) is 6.04 Å². The van der Waals surface area contributed by atoms with Crippen molar-refractivity contribution in [2.24, 2.45) is 5.92 Å². The van der Waals surface area contributed by atoms with Gasteiger partial charge in [-0.15, -0.1) is 0 Å². The van der Waals surface area contributed by atoms with Crippen molar-refractivity contribution in [3.05, 3.63) is 71.0 Å². The summed E-state index contributed by atoms with van der Waals surface area (Å²) in [4.78, 5) is 0. The van der Waals surface area contributed by atoms with E-state index in [1.54, 1.807) is 12.1 Å². The molecule has 0 amide bonds. The van der Waals surface area contributed by atoms with E-state index in [0.717, 1.165) is 12.8 Å². The average molecular weight is 283 g/mol. The van der Waals surface area contributed by atoms with Gasteiger partial charge in [0.05, 0.1) is 0 Å². The summed E-state index contributed by atoms with van der Waals surface area (Å²) in [5, 5.41) is 3.47. The lowest BCUT2D eigenvalue weighted by Gasteiger charge is -2.31. The molecule has 0 radical (unpaired) electrons. The third kappa shape index (κ3) is 3.33. The van der Waals surface area contributed by atoms with E-state index in [9.17, 15) is 4.39 Å². The predicted octanol–water partition coefficient (Wildman–Crippen LogP) is 3.76. The van der Waals surface area contributed by atoms with Crippen molar-refractivity contribution < 1.29 is 4.39 Å². The SMILES string of the molecule is CNC(Cc1ccc(F)cc1)C1CCc2ccccc2C1. The molecule has 1 nitrogen and oxygen atoms in total. The number of hydrogen-bond acceptors (Lipinski definition) is 1. The van der Waals surface area contributed by atoms with E-state index >= 15 is 0 Å². The fraction of sp³-hybridized carbons (Fsp3) is 0.368. The van der Waals surface area contributed by atoms with Gasteiger partial charge >= 0.3 is 0 Å². The molecule has 0 aliphatic heterocycles. The lowest BCUT2D eigenvalue weighted by Crippen LogP contribution is -2.38. The van der Waals surface area contributed by atoms with Crippen molar-refractivity contribution in [3.63, 3.8) is 0 Å². The van der Waals surface area contributed by atoms with Crippen LogP contribution in [0.25, 0.3) is 0 Å². The molecule has 2 aromatic rings. The van der Waals surface area contributed by atoms with Crippen LogP contribution in [0.3, 0.4) is 0 Å². The molecule has 0 bridgehead atoms. The Morgan fingerprint density at radius 1 is 1.10 bits per heavy atom. The van der Waals surface area contributed by atoms with Gasteiger partial charge in [-0.3, -0.25) is 0 Å². The van der Waals surface area contributed by atoms with Crippen LogP contribution in [0.1, 0.15) is 23.1 Å². The summed E-state index contributed by atoms with van der Waals surface area (Å²) in [6, 6.07) is 16.1. The normalized spacial score (nSPS) is 19.0. The van der Waals surface area contributed by atoms with Crippen molar-refractivity contribution in [2.75, 3.05) is 7.05 Å². The van der Waals surface area contributed by atoms with Crippen LogP contribution in [0, 0.1) is 11.7 Å². The van der Waals surface area contributed by atoms with Gasteiger partial charge in [-0.1, -0.05) is 36.4 Å². The van der Waals surface area contributed by atoms with Gasteiger partial charge < -0.3 is 5.32 Å². The van der Waals surface area contributed by atoms with Crippen LogP contribution >= 0.6 is 0 Å². The minimum Gasteiger partial charge on any atom is -0.316 e. The molecule has 0 fully saturated rings. The molecule has 0 aromatic heterocycles. The first-order chi connectivity index (χ1) is 10.3. The van der Waals surface area contributed by atoms with Crippen molar-refractivity contribution in [2.45, 2.75) is 31.7 Å². The quantitative estimate of drug-likeness (QED) is 0.901. The molecule has 0 saturated heterocycles. The monoisotopic (exact) mass is 283 g/mol. The van der Waals surface area contributed by atoms with Gasteiger partial charge in [0.1, 0.15) is 5.82 Å². The van der Waals surface area contributed by atoms with Gasteiger partial charge in [0.15, 0.2) is 0 Å². The fourth-order valence-corrected chi connectivity index (χ4v) is 3.45. The molecule has 3 rings (SSSR count). The van der Waals surface area contributed by atoms with Crippen molar-refractivity contribution >= 4 is 0 Å². The minimum atomic E-state index is -0.161. The zero-order valence-electron chi connectivity index (χ0n) is 12.5. The van der Waals surface area contributed by atoms with Crippen LogP contribution in [0.15, 0.2) is 48.5 Å². The molecule has 0 spiro atoms. The van der Waals surface area contributed by atoms with Gasteiger partial charge in [-0.05, 0) is 67.5 Å². The van der Waals surface area contributed by atoms with E-state index in [0.29, 0.717) is 12.0 Å². The van der Waals surface area contributed by atoms with Crippen LogP contribution in [-0.2, 0) is 19.3 Å². The van der Waals surface area contributed by atoms with Crippen molar-refractivity contribution in [1.29, 1.82) is 0 Å². The summed E-state index contributed by atoms with van der Waals surface area (Å²) in [5.41, 5.74) is 4.20. The minimum absolute atomic E-state index is 0.161. The van der Waals surface area contributed by atoms with Crippen LogP contribution in [0.2, 0.25) is 0 Å². The zero-order valence-corrected chi connectivity index (χ0v) is 12.5. The van der Waals surface area contributed by atoms with Crippen LogP contribution < -0.4 is 5.32 Å². The lowest BCUT2D eigenvalue weighted by molar-refractivity contribution is 0.333. The second kappa shape index (κ2) is 6.40. The molecule has 0 heterocycles. The summed E-state index contributed by atoms with van der Waals surface area (Å²) < 4.78 is 13.0. The Bertz CT molecular complexity index is 591. The van der Waals surface area contributed by atoms with Crippen LogP contribution in [0.4, 0.5) is 4.39 Å². The number of halogens is 1. The van der Waals surface area contributed by atoms with Crippen LogP contribution in [0.5, 0.6) is 0 Å². The summed E-state index contributed by atoms with van der Waals surface area (Å²) in [5.74, 6) is 0.487. The summed E-state index contributed by atoms with van der Waals surface area (Å²) >= 11 is 0. The Balaban J connectivity index is 1.71. The molecule has 2 heteroatoms. The molecular formula is C19H22FN. The first-order valence-corrected chi connectivity index (χ1v) is 7.75. The maximum Gasteiger partial charge on any atom is 0.123 e. The van der Waals surface area contributed by atoms with E-state index in [1.165, 1.54) is 29.5 Å². The summed E-state index contributed by atoms with van der Waals surface area (Å²) in [6.07, 6.45) is 4.50. The van der Waals surface area contributed by atoms with Gasteiger partial charge in [0.25, 0.3) is 0 Å². The molecule has 110 valence electrons. The van der Waals surface area contributed by atoms with Crippen LogP contribution in [-0.4, -0.2) is 13.1 Å². The Hall–Kier alpha value is -1.67. The molecule has 21 heavy (non-hydrogen) atoms. The third-order valence-corrected chi connectivity index (χ3v) is 4.69. The molecule has 1 N–H and O–H groups in total. The Labute approximate surface area is 126 Å². The molecule has 2 aromatic carbocycles. The topological polar surface area (TPSA) is 12.0 Å². The molecular weight excluding hydrogens is 261 g/mol. The van der Waals surface area contributed by atoms with Gasteiger partial charge in [0.2, 0.25) is 0 Å². The largest absolute Gasteiger partial charge is 0.316 e. The van der Waals surface area contributed by atoms with E-state index in [4.69, 9.17) is 0 Å². The predicted molar refractivity (Wildman–Crippen MR) is 84.9 cm³/mol. The maximum absolute atomic E-state index is 13.0. The molecule has 0 saturated carbocycles. The second-order valence-electron chi connectivity index (χ2n) is 6.00. The Morgan fingerprint density at radius 2 is 1.81 bits per heavy atom. The summed E-state index contributed by atoms with van der Waals surface area (Å²) in [6.45, 7) is 0. The smallest absolute Gasteiger partial charge is 0.123 e. The number of aryl methyl sites for hydroxylation is 1. The van der Waals surface area contributed by atoms with E-state index < -0.39 is 0 Å². The molecule has 1 aliphatic carbocycles. The third-order valence-electron chi connectivity index (χ3n) is 4.69. The number of rotatable bonds is 4. The number of likely N-dealkylation sites (N-methyl/N-ethyl adjacent to an activating group) is 1. The number of hydrogen-bond donors (Lipinski definition) is 1. The fourth-order valence-electron chi connectivity index (χ4n) is 3.45. The lowest BCUT2D eigenvalue weighted by atomic mass is 9.78. The van der Waals surface area contributed by atoms with E-state index in [2.05, 4.69) is 29.6 Å². The highest BCUT2D eigenvalue weighted by molar-refractivity contribution is 5.30. The zero-order chi connectivity index (χ0) is 14.7. The van der Waals surface area contributed by atoms with Gasteiger partial charge in [-0.25, -0.2) is 4.39 Å². The van der Waals surface area contributed by atoms with E-state index in [1.807, 2.05) is 19.2 Å². The molecule has 1 aliphatic rings. The van der Waals surface area contributed by atoms with E-state index in [-0.39, 0.29) is 5.82 Å². The number of benzene rings is 2. The van der Waals surface area contributed by atoms with Crippen molar-refractivity contribution in [3.8, 4) is 0 Å². The Morgan fingerprint density at radius 3 is 2.52 bits per heavy atom. The standard InChI is InChI=1S/C19H22FN/c1-21-19(12-14-6-10-18(20)11-7-14)17-9-8-15-4-2-3-5-16(15)13-17/h2-7,10-11,17,19,21H,8-9,12-13H2,1H3. The van der Waals surface area contributed by atoms with Gasteiger partial charge in [-0.2, -0.15) is 0 Å². The highest BCUT2D eigenvalue weighted by Crippen LogP contribution is 2.28. The Kier molecular flexibility index (Phi) is 4.35. The molecule has 2 atom stereocenters. The highest BCUT2D eigenvalue weighted by atomic mass is 19.1. The second-order valence-corrected chi connectivity index (χ2v) is 6.00. The average Bonchev–Trinajstić information content (AvgIpc) is 2.54. The number of fused-ring (bicyclic) bond motifs is 1. The number of nitrogens with one attached hydrogen (secondary N) is 1. The highest BCUT2D eigenvalue weighted by Gasteiger charge is 2.25. The summed E-state index contributed by atoms with van der Waals surface area (Å²) in [7, 11) is 2.04. The maximum atomic E-state index is 13.0. The van der Waals surface area contributed by atoms with Crippen molar-refractivity contribution in [1.82, 2.24) is 5.32 Å². The first-order valence-electron chi connectivity index (χ1n) is 7.75.